The molecular weight excluding hydrogens is 236 g/mol. The second-order valence-electron chi connectivity index (χ2n) is 7.21. The fourth-order valence-electron chi connectivity index (χ4n) is 5.34. The fraction of sp³-hybridized carbons (Fsp3) is 0.812. The molecule has 3 nitrogen and oxygen atoms in total. The van der Waals surface area contributed by atoms with Crippen LogP contribution < -0.4 is 5.73 Å². The Balaban J connectivity index is 1.59. The second kappa shape index (κ2) is 4.34. The van der Waals surface area contributed by atoms with Crippen molar-refractivity contribution < 1.29 is 4.42 Å². The molecule has 1 aromatic rings. The number of oxazole rings is 1. The molecule has 104 valence electrons. The maximum absolute atomic E-state index is 6.10. The number of hydrogen-bond donors (Lipinski definition) is 1. The van der Waals surface area contributed by atoms with Crippen LogP contribution in [0, 0.1) is 17.8 Å². The molecule has 0 aromatic carbocycles. The molecule has 4 saturated carbocycles. The zero-order valence-corrected chi connectivity index (χ0v) is 11.6. The van der Waals surface area contributed by atoms with Gasteiger partial charge in [0.25, 0.3) is 0 Å². The van der Waals surface area contributed by atoms with E-state index in [-0.39, 0.29) is 0 Å². The topological polar surface area (TPSA) is 52.0 Å². The van der Waals surface area contributed by atoms with E-state index >= 15 is 0 Å². The summed E-state index contributed by atoms with van der Waals surface area (Å²) < 4.78 is 6.10. The zero-order valence-electron chi connectivity index (χ0n) is 11.6. The van der Waals surface area contributed by atoms with Crippen LogP contribution in [0.25, 0.3) is 0 Å². The highest BCUT2D eigenvalue weighted by Gasteiger charge is 2.53. The lowest BCUT2D eigenvalue weighted by Crippen LogP contribution is -2.48. The van der Waals surface area contributed by atoms with Gasteiger partial charge in [0.2, 0.25) is 0 Å². The molecule has 4 fully saturated rings. The van der Waals surface area contributed by atoms with Gasteiger partial charge in [0.1, 0.15) is 5.76 Å². The van der Waals surface area contributed by atoms with Crippen LogP contribution in [-0.2, 0) is 11.8 Å². The van der Waals surface area contributed by atoms with E-state index in [4.69, 9.17) is 10.2 Å². The minimum Gasteiger partial charge on any atom is -0.445 e. The lowest BCUT2D eigenvalue weighted by atomic mass is 9.49. The summed E-state index contributed by atoms with van der Waals surface area (Å²) in [5, 5.41) is 0. The van der Waals surface area contributed by atoms with Gasteiger partial charge in [-0.05, 0) is 69.2 Å². The zero-order chi connectivity index (χ0) is 12.9. The molecule has 3 heteroatoms. The highest BCUT2D eigenvalue weighted by Crippen LogP contribution is 2.60. The Kier molecular flexibility index (Phi) is 2.73. The van der Waals surface area contributed by atoms with Gasteiger partial charge in [0.05, 0.1) is 6.20 Å². The van der Waals surface area contributed by atoms with E-state index in [9.17, 15) is 0 Å². The highest BCUT2D eigenvalue weighted by atomic mass is 16.4. The van der Waals surface area contributed by atoms with Gasteiger partial charge in [-0.25, -0.2) is 4.98 Å². The molecule has 0 unspecified atom stereocenters. The van der Waals surface area contributed by atoms with Crippen LogP contribution >= 0.6 is 0 Å². The monoisotopic (exact) mass is 260 g/mol. The highest BCUT2D eigenvalue weighted by molar-refractivity contribution is 5.19. The summed E-state index contributed by atoms with van der Waals surface area (Å²) in [5.41, 5.74) is 5.91. The summed E-state index contributed by atoms with van der Waals surface area (Å²) in [6.45, 7) is 0.717. The summed E-state index contributed by atoms with van der Waals surface area (Å²) in [6, 6.07) is 0. The molecule has 0 aliphatic heterocycles. The number of aromatic nitrogens is 1. The Labute approximate surface area is 115 Å². The third kappa shape index (κ3) is 1.94. The van der Waals surface area contributed by atoms with Crippen molar-refractivity contribution in [3.8, 4) is 0 Å². The van der Waals surface area contributed by atoms with Crippen LogP contribution in [0.3, 0.4) is 0 Å². The SMILES string of the molecule is NCCCc1ncc(C23CC4CC(CC(C4)C2)C3)o1. The average molecular weight is 260 g/mol. The number of aryl methyl sites for hydroxylation is 1. The minimum absolute atomic E-state index is 0.350. The normalized spacial score (nSPS) is 39.9. The Morgan fingerprint density at radius 3 is 2.37 bits per heavy atom. The maximum Gasteiger partial charge on any atom is 0.194 e. The molecule has 1 heterocycles. The summed E-state index contributed by atoms with van der Waals surface area (Å²) >= 11 is 0. The molecule has 4 aliphatic carbocycles. The molecule has 1 aromatic heterocycles. The van der Waals surface area contributed by atoms with E-state index in [1.807, 2.05) is 6.20 Å². The van der Waals surface area contributed by atoms with Crippen molar-refractivity contribution in [3.05, 3.63) is 17.8 Å². The predicted octanol–water partition coefficient (Wildman–Crippen LogP) is 3.03. The molecule has 19 heavy (non-hydrogen) atoms. The Hall–Kier alpha value is -0.830. The molecule has 4 aliphatic rings. The first-order valence-corrected chi connectivity index (χ1v) is 7.93. The van der Waals surface area contributed by atoms with E-state index in [1.54, 1.807) is 0 Å². The average Bonchev–Trinajstić information content (AvgIpc) is 2.84. The van der Waals surface area contributed by atoms with Crippen molar-refractivity contribution in [1.29, 1.82) is 0 Å². The molecule has 4 bridgehead atoms. The van der Waals surface area contributed by atoms with E-state index < -0.39 is 0 Å². The van der Waals surface area contributed by atoms with Gasteiger partial charge >= 0.3 is 0 Å². The van der Waals surface area contributed by atoms with Gasteiger partial charge in [-0.3, -0.25) is 0 Å². The van der Waals surface area contributed by atoms with E-state index in [2.05, 4.69) is 4.98 Å². The van der Waals surface area contributed by atoms with E-state index in [0.29, 0.717) is 5.41 Å². The summed E-state index contributed by atoms with van der Waals surface area (Å²) in [6.07, 6.45) is 12.4. The molecule has 2 N–H and O–H groups in total. The van der Waals surface area contributed by atoms with Gasteiger partial charge in [-0.2, -0.15) is 0 Å². The minimum atomic E-state index is 0.350. The number of nitrogens with two attached hydrogens (primary N) is 1. The van der Waals surface area contributed by atoms with Crippen LogP contribution in [-0.4, -0.2) is 11.5 Å². The van der Waals surface area contributed by atoms with E-state index in [0.717, 1.165) is 43.0 Å². The Bertz CT molecular complexity index is 430. The smallest absolute Gasteiger partial charge is 0.194 e. The maximum atomic E-state index is 6.10. The van der Waals surface area contributed by atoms with Crippen LogP contribution in [0.15, 0.2) is 10.6 Å². The van der Waals surface area contributed by atoms with Gasteiger partial charge in [-0.1, -0.05) is 0 Å². The Morgan fingerprint density at radius 2 is 1.79 bits per heavy atom. The quantitative estimate of drug-likeness (QED) is 0.905. The summed E-state index contributed by atoms with van der Waals surface area (Å²) in [7, 11) is 0. The first-order chi connectivity index (χ1) is 9.27. The van der Waals surface area contributed by atoms with Crippen molar-refractivity contribution in [1.82, 2.24) is 4.98 Å². The third-order valence-corrected chi connectivity index (χ3v) is 5.71. The van der Waals surface area contributed by atoms with Gasteiger partial charge < -0.3 is 10.2 Å². The van der Waals surface area contributed by atoms with Crippen LogP contribution in [0.2, 0.25) is 0 Å². The lowest BCUT2D eigenvalue weighted by molar-refractivity contribution is -0.0156. The van der Waals surface area contributed by atoms with Gasteiger partial charge in [-0.15, -0.1) is 0 Å². The van der Waals surface area contributed by atoms with Crippen molar-refractivity contribution in [2.75, 3.05) is 6.54 Å². The summed E-state index contributed by atoms with van der Waals surface area (Å²) in [4.78, 5) is 4.49. The van der Waals surface area contributed by atoms with Crippen molar-refractivity contribution in [2.45, 2.75) is 56.8 Å². The Morgan fingerprint density at radius 1 is 1.16 bits per heavy atom. The van der Waals surface area contributed by atoms with Crippen molar-refractivity contribution >= 4 is 0 Å². The van der Waals surface area contributed by atoms with Gasteiger partial charge in [0.15, 0.2) is 5.89 Å². The standard InChI is InChI=1S/C16H24N2O/c17-3-1-2-15-18-10-14(19-15)16-7-11-4-12(8-16)6-13(5-11)9-16/h10-13H,1-9,17H2. The van der Waals surface area contributed by atoms with Gasteiger partial charge in [0, 0.05) is 11.8 Å². The lowest BCUT2D eigenvalue weighted by Gasteiger charge is -2.55. The van der Waals surface area contributed by atoms with Crippen LogP contribution in [0.4, 0.5) is 0 Å². The van der Waals surface area contributed by atoms with E-state index in [1.165, 1.54) is 44.3 Å². The van der Waals surface area contributed by atoms with Crippen molar-refractivity contribution in [3.63, 3.8) is 0 Å². The van der Waals surface area contributed by atoms with Crippen LogP contribution in [0.5, 0.6) is 0 Å². The van der Waals surface area contributed by atoms with Crippen molar-refractivity contribution in [2.24, 2.45) is 23.5 Å². The first kappa shape index (κ1) is 12.0. The fourth-order valence-corrected chi connectivity index (χ4v) is 5.34. The predicted molar refractivity (Wildman–Crippen MR) is 73.7 cm³/mol. The van der Waals surface area contributed by atoms with Crippen LogP contribution in [0.1, 0.15) is 56.6 Å². The summed E-state index contributed by atoms with van der Waals surface area (Å²) in [5.74, 6) is 4.98. The molecule has 0 saturated heterocycles. The second-order valence-corrected chi connectivity index (χ2v) is 7.21. The number of nitrogens with zero attached hydrogens (tertiary/aromatic N) is 1. The molecule has 0 spiro atoms. The third-order valence-electron chi connectivity index (χ3n) is 5.71. The molecule has 0 amide bonds. The number of hydrogen-bond acceptors (Lipinski definition) is 3. The largest absolute Gasteiger partial charge is 0.445 e. The molecular formula is C16H24N2O. The molecule has 5 rings (SSSR count). The first-order valence-electron chi connectivity index (χ1n) is 7.93. The molecule has 0 atom stereocenters. The number of rotatable bonds is 4. The molecule has 0 radical (unpaired) electrons.